The van der Waals surface area contributed by atoms with Crippen LogP contribution in [0.4, 0.5) is 0 Å². The lowest BCUT2D eigenvalue weighted by molar-refractivity contribution is -0.141. The van der Waals surface area contributed by atoms with Crippen LogP contribution in [0.15, 0.2) is 0 Å². The zero-order valence-corrected chi connectivity index (χ0v) is 10.7. The molecule has 0 bridgehead atoms. The maximum Gasteiger partial charge on any atom is 0.305 e. The van der Waals surface area contributed by atoms with Crippen LogP contribution in [-0.2, 0) is 14.3 Å². The average Bonchev–Trinajstić information content (AvgIpc) is 2.38. The Morgan fingerprint density at radius 1 is 1.41 bits per heavy atom. The summed E-state index contributed by atoms with van der Waals surface area (Å²) in [6, 6.07) is -0.0353. The van der Waals surface area contributed by atoms with Gasteiger partial charge < -0.3 is 15.0 Å². The molecule has 0 aromatic rings. The van der Waals surface area contributed by atoms with Gasteiger partial charge in [0.1, 0.15) is 0 Å². The second kappa shape index (κ2) is 7.27. The number of carbonyl (C=O) groups is 2. The summed E-state index contributed by atoms with van der Waals surface area (Å²) in [5.74, 6) is -0.0868. The number of amides is 1. The molecule has 0 aliphatic carbocycles. The van der Waals surface area contributed by atoms with E-state index < -0.39 is 0 Å². The number of nitrogens with one attached hydrogen (secondary N) is 1. The third-order valence-electron chi connectivity index (χ3n) is 3.09. The minimum atomic E-state index is -0.221. The first-order valence-corrected chi connectivity index (χ1v) is 6.20. The van der Waals surface area contributed by atoms with Crippen LogP contribution in [0.5, 0.6) is 0 Å². The van der Waals surface area contributed by atoms with Crippen molar-refractivity contribution in [2.45, 2.75) is 38.1 Å². The standard InChI is InChI=1S/C12H22N2O3/c1-14(9-5-7-11(15)17-2)12(16)10-6-3-4-8-13-10/h10,13H,3-9H2,1-2H3/t10-/m0/s1. The lowest BCUT2D eigenvalue weighted by atomic mass is 10.0. The van der Waals surface area contributed by atoms with Crippen LogP contribution in [0.3, 0.4) is 0 Å². The smallest absolute Gasteiger partial charge is 0.305 e. The Hall–Kier alpha value is -1.10. The number of methoxy groups -OCH3 is 1. The minimum absolute atomic E-state index is 0.0353. The van der Waals surface area contributed by atoms with Crippen molar-refractivity contribution in [2.24, 2.45) is 0 Å². The first-order valence-electron chi connectivity index (χ1n) is 6.20. The monoisotopic (exact) mass is 242 g/mol. The molecule has 0 radical (unpaired) electrons. The number of nitrogens with zero attached hydrogens (tertiary/aromatic N) is 1. The van der Waals surface area contributed by atoms with Gasteiger partial charge in [0.15, 0.2) is 0 Å². The number of likely N-dealkylation sites (N-methyl/N-ethyl adjacent to an activating group) is 1. The van der Waals surface area contributed by atoms with Gasteiger partial charge >= 0.3 is 5.97 Å². The summed E-state index contributed by atoms with van der Waals surface area (Å²) in [6.45, 7) is 1.53. The van der Waals surface area contributed by atoms with Gasteiger partial charge in [0.2, 0.25) is 5.91 Å². The maximum atomic E-state index is 12.0. The normalized spacial score (nSPS) is 19.8. The van der Waals surface area contributed by atoms with Gasteiger partial charge in [0.05, 0.1) is 13.2 Å². The summed E-state index contributed by atoms with van der Waals surface area (Å²) in [5.41, 5.74) is 0. The largest absolute Gasteiger partial charge is 0.469 e. The van der Waals surface area contributed by atoms with Crippen LogP contribution in [0, 0.1) is 0 Å². The number of hydrogen-bond donors (Lipinski definition) is 1. The fourth-order valence-corrected chi connectivity index (χ4v) is 2.00. The Bertz CT molecular complexity index is 262. The molecule has 1 fully saturated rings. The third kappa shape index (κ3) is 4.73. The molecule has 0 aromatic carbocycles. The zero-order valence-electron chi connectivity index (χ0n) is 10.7. The van der Waals surface area contributed by atoms with E-state index in [1.54, 1.807) is 11.9 Å². The highest BCUT2D eigenvalue weighted by atomic mass is 16.5. The number of carbonyl (C=O) groups excluding carboxylic acids is 2. The van der Waals surface area contributed by atoms with Gasteiger partial charge in [-0.15, -0.1) is 0 Å². The second-order valence-electron chi connectivity index (χ2n) is 4.44. The summed E-state index contributed by atoms with van der Waals surface area (Å²) >= 11 is 0. The topological polar surface area (TPSA) is 58.6 Å². The Balaban J connectivity index is 2.23. The Kier molecular flexibility index (Phi) is 5.97. The van der Waals surface area contributed by atoms with E-state index in [4.69, 9.17) is 0 Å². The van der Waals surface area contributed by atoms with Gasteiger partial charge in [0.25, 0.3) is 0 Å². The van der Waals surface area contributed by atoms with Crippen molar-refractivity contribution in [2.75, 3.05) is 27.2 Å². The summed E-state index contributed by atoms with van der Waals surface area (Å²) in [6.07, 6.45) is 4.20. The van der Waals surface area contributed by atoms with Gasteiger partial charge in [-0.1, -0.05) is 6.42 Å². The predicted molar refractivity (Wildman–Crippen MR) is 64.5 cm³/mol. The molecule has 1 aliphatic rings. The number of esters is 1. The molecule has 0 aromatic heterocycles. The molecule has 1 aliphatic heterocycles. The molecular formula is C12H22N2O3. The van der Waals surface area contributed by atoms with Gasteiger partial charge in [-0.05, 0) is 25.8 Å². The highest BCUT2D eigenvalue weighted by molar-refractivity contribution is 5.81. The van der Waals surface area contributed by atoms with Gasteiger partial charge in [0, 0.05) is 20.0 Å². The maximum absolute atomic E-state index is 12.0. The second-order valence-corrected chi connectivity index (χ2v) is 4.44. The third-order valence-corrected chi connectivity index (χ3v) is 3.09. The van der Waals surface area contributed by atoms with Crippen LogP contribution in [0.25, 0.3) is 0 Å². The fraction of sp³-hybridized carbons (Fsp3) is 0.833. The average molecular weight is 242 g/mol. The molecule has 0 spiro atoms. The summed E-state index contributed by atoms with van der Waals surface area (Å²) in [7, 11) is 3.17. The van der Waals surface area contributed by atoms with E-state index in [1.807, 2.05) is 0 Å². The molecule has 5 heteroatoms. The van der Waals surface area contributed by atoms with Crippen molar-refractivity contribution in [3.8, 4) is 0 Å². The van der Waals surface area contributed by atoms with Gasteiger partial charge in [-0.25, -0.2) is 0 Å². The molecular weight excluding hydrogens is 220 g/mol. The molecule has 5 nitrogen and oxygen atoms in total. The van der Waals surface area contributed by atoms with Crippen molar-refractivity contribution >= 4 is 11.9 Å². The van der Waals surface area contributed by atoms with Gasteiger partial charge in [-0.3, -0.25) is 9.59 Å². The van der Waals surface area contributed by atoms with Crippen molar-refractivity contribution in [1.29, 1.82) is 0 Å². The number of piperidine rings is 1. The van der Waals surface area contributed by atoms with E-state index in [0.29, 0.717) is 19.4 Å². The Morgan fingerprint density at radius 3 is 2.76 bits per heavy atom. The quantitative estimate of drug-likeness (QED) is 0.715. The van der Waals surface area contributed by atoms with Crippen LogP contribution in [0.2, 0.25) is 0 Å². The lowest BCUT2D eigenvalue weighted by Gasteiger charge is -2.27. The molecule has 98 valence electrons. The molecule has 0 unspecified atom stereocenters. The molecule has 1 N–H and O–H groups in total. The van der Waals surface area contributed by atoms with Crippen LogP contribution in [0.1, 0.15) is 32.1 Å². The zero-order chi connectivity index (χ0) is 12.7. The molecule has 17 heavy (non-hydrogen) atoms. The molecule has 0 saturated carbocycles. The van der Waals surface area contributed by atoms with E-state index in [1.165, 1.54) is 7.11 Å². The Morgan fingerprint density at radius 2 is 2.18 bits per heavy atom. The van der Waals surface area contributed by atoms with E-state index in [0.717, 1.165) is 25.8 Å². The van der Waals surface area contributed by atoms with Crippen molar-refractivity contribution in [3.05, 3.63) is 0 Å². The van der Waals surface area contributed by atoms with Crippen LogP contribution < -0.4 is 5.32 Å². The SMILES string of the molecule is COC(=O)CCCN(C)C(=O)[C@@H]1CCCCN1. The summed E-state index contributed by atoms with van der Waals surface area (Å²) < 4.78 is 4.55. The van der Waals surface area contributed by atoms with Crippen LogP contribution >= 0.6 is 0 Å². The molecule has 1 heterocycles. The van der Waals surface area contributed by atoms with Gasteiger partial charge in [-0.2, -0.15) is 0 Å². The highest BCUT2D eigenvalue weighted by Crippen LogP contribution is 2.09. The first kappa shape index (κ1) is 14.0. The minimum Gasteiger partial charge on any atom is -0.469 e. The van der Waals surface area contributed by atoms with E-state index in [9.17, 15) is 9.59 Å². The fourth-order valence-electron chi connectivity index (χ4n) is 2.00. The first-order chi connectivity index (χ1) is 8.15. The molecule has 1 rings (SSSR count). The molecule has 1 atom stereocenters. The number of ether oxygens (including phenoxy) is 1. The van der Waals surface area contributed by atoms with Crippen LogP contribution in [-0.4, -0.2) is 50.1 Å². The summed E-state index contributed by atoms with van der Waals surface area (Å²) in [5, 5.41) is 3.23. The number of rotatable bonds is 5. The number of hydrogen-bond acceptors (Lipinski definition) is 4. The van der Waals surface area contributed by atoms with Crippen molar-refractivity contribution < 1.29 is 14.3 Å². The lowest BCUT2D eigenvalue weighted by Crippen LogP contribution is -2.47. The molecule has 1 saturated heterocycles. The van der Waals surface area contributed by atoms with Crippen molar-refractivity contribution in [3.63, 3.8) is 0 Å². The Labute approximate surface area is 102 Å². The molecule has 1 amide bonds. The summed E-state index contributed by atoms with van der Waals surface area (Å²) in [4.78, 5) is 24.6. The van der Waals surface area contributed by atoms with Crippen molar-refractivity contribution in [1.82, 2.24) is 10.2 Å². The van der Waals surface area contributed by atoms with E-state index in [-0.39, 0.29) is 17.9 Å². The van der Waals surface area contributed by atoms with E-state index in [2.05, 4.69) is 10.1 Å². The van der Waals surface area contributed by atoms with E-state index >= 15 is 0 Å². The predicted octanol–water partition coefficient (Wildman–Crippen LogP) is 0.540. The highest BCUT2D eigenvalue weighted by Gasteiger charge is 2.23.